The standard InChI is InChI=1S/C14H10F3N3OS/c1-2-21-11-7-18-4-3-9(11)12-20-10-5-8(14(15,16)17)6-19-13(10)22-12/h3-7H,2H2,1H3. The lowest BCUT2D eigenvalue weighted by Gasteiger charge is -2.06. The predicted octanol–water partition coefficient (Wildman–Crippen LogP) is 4.17. The Balaban J connectivity index is 2.09. The third-order valence-corrected chi connectivity index (χ3v) is 3.90. The summed E-state index contributed by atoms with van der Waals surface area (Å²) in [6, 6.07) is 2.72. The van der Waals surface area contributed by atoms with E-state index in [2.05, 4.69) is 15.0 Å². The number of rotatable bonds is 3. The molecule has 0 aliphatic heterocycles. The van der Waals surface area contributed by atoms with Crippen molar-refractivity contribution in [3.05, 3.63) is 36.3 Å². The summed E-state index contributed by atoms with van der Waals surface area (Å²) >= 11 is 1.21. The summed E-state index contributed by atoms with van der Waals surface area (Å²) in [4.78, 5) is 12.5. The molecule has 114 valence electrons. The van der Waals surface area contributed by atoms with E-state index in [-0.39, 0.29) is 5.52 Å². The smallest absolute Gasteiger partial charge is 0.417 e. The van der Waals surface area contributed by atoms with Gasteiger partial charge in [-0.3, -0.25) is 4.98 Å². The Morgan fingerprint density at radius 1 is 1.27 bits per heavy atom. The van der Waals surface area contributed by atoms with Crippen LogP contribution >= 0.6 is 11.3 Å². The van der Waals surface area contributed by atoms with Crippen LogP contribution in [0.2, 0.25) is 0 Å². The summed E-state index contributed by atoms with van der Waals surface area (Å²) in [5.74, 6) is 0.542. The second kappa shape index (κ2) is 5.53. The average molecular weight is 325 g/mol. The molecule has 3 heterocycles. The Morgan fingerprint density at radius 2 is 2.09 bits per heavy atom. The Labute approximate surface area is 127 Å². The third-order valence-electron chi connectivity index (χ3n) is 2.89. The lowest BCUT2D eigenvalue weighted by atomic mass is 10.2. The fourth-order valence-corrected chi connectivity index (χ4v) is 2.84. The van der Waals surface area contributed by atoms with Crippen molar-refractivity contribution in [1.29, 1.82) is 0 Å². The molecule has 0 aromatic carbocycles. The number of halogens is 3. The molecule has 0 unspecified atom stereocenters. The number of aromatic nitrogens is 3. The summed E-state index contributed by atoms with van der Waals surface area (Å²) in [5, 5.41) is 0.549. The first-order valence-corrected chi connectivity index (χ1v) is 7.21. The highest BCUT2D eigenvalue weighted by atomic mass is 32.1. The largest absolute Gasteiger partial charge is 0.492 e. The molecule has 0 bridgehead atoms. The molecule has 22 heavy (non-hydrogen) atoms. The van der Waals surface area contributed by atoms with Gasteiger partial charge in [-0.1, -0.05) is 11.3 Å². The van der Waals surface area contributed by atoms with Crippen LogP contribution in [0.3, 0.4) is 0 Å². The van der Waals surface area contributed by atoms with Crippen LogP contribution in [0.25, 0.3) is 20.9 Å². The van der Waals surface area contributed by atoms with E-state index < -0.39 is 11.7 Å². The minimum Gasteiger partial charge on any atom is -0.492 e. The van der Waals surface area contributed by atoms with Gasteiger partial charge in [0.25, 0.3) is 0 Å². The van der Waals surface area contributed by atoms with Crippen LogP contribution in [-0.4, -0.2) is 21.6 Å². The van der Waals surface area contributed by atoms with Gasteiger partial charge in [-0.25, -0.2) is 9.97 Å². The van der Waals surface area contributed by atoms with Crippen molar-refractivity contribution in [2.24, 2.45) is 0 Å². The van der Waals surface area contributed by atoms with Crippen molar-refractivity contribution in [1.82, 2.24) is 15.0 Å². The van der Waals surface area contributed by atoms with E-state index in [1.807, 2.05) is 6.92 Å². The second-order valence-corrected chi connectivity index (χ2v) is 5.35. The predicted molar refractivity (Wildman–Crippen MR) is 76.8 cm³/mol. The third kappa shape index (κ3) is 2.74. The SMILES string of the molecule is CCOc1cnccc1-c1nc2cc(C(F)(F)F)cnc2s1. The summed E-state index contributed by atoms with van der Waals surface area (Å²) in [5.41, 5.74) is 0.0964. The number of thiazole rings is 1. The number of pyridine rings is 2. The van der Waals surface area contributed by atoms with Gasteiger partial charge in [0, 0.05) is 12.4 Å². The fourth-order valence-electron chi connectivity index (χ4n) is 1.92. The van der Waals surface area contributed by atoms with Gasteiger partial charge in [0.15, 0.2) is 0 Å². The van der Waals surface area contributed by atoms with E-state index in [1.54, 1.807) is 18.5 Å². The Bertz CT molecular complexity index is 816. The number of fused-ring (bicyclic) bond motifs is 1. The molecule has 0 fully saturated rings. The zero-order valence-corrected chi connectivity index (χ0v) is 12.2. The quantitative estimate of drug-likeness (QED) is 0.725. The first-order valence-electron chi connectivity index (χ1n) is 6.40. The van der Waals surface area contributed by atoms with E-state index in [4.69, 9.17) is 4.74 Å². The van der Waals surface area contributed by atoms with Gasteiger partial charge in [0.05, 0.1) is 23.9 Å². The maximum Gasteiger partial charge on any atom is 0.417 e. The minimum atomic E-state index is -4.43. The van der Waals surface area contributed by atoms with E-state index in [0.717, 1.165) is 12.3 Å². The molecule has 0 atom stereocenters. The van der Waals surface area contributed by atoms with Crippen LogP contribution < -0.4 is 4.74 Å². The molecule has 0 spiro atoms. The topological polar surface area (TPSA) is 47.9 Å². The zero-order chi connectivity index (χ0) is 15.7. The molecule has 0 aliphatic rings. The van der Waals surface area contributed by atoms with Crippen molar-refractivity contribution >= 4 is 21.7 Å². The minimum absolute atomic E-state index is 0.217. The Hall–Kier alpha value is -2.22. The average Bonchev–Trinajstić information content (AvgIpc) is 2.90. The van der Waals surface area contributed by atoms with Crippen molar-refractivity contribution in [3.63, 3.8) is 0 Å². The molecular formula is C14H10F3N3OS. The second-order valence-electron chi connectivity index (χ2n) is 4.37. The highest BCUT2D eigenvalue weighted by Gasteiger charge is 2.31. The molecule has 0 radical (unpaired) electrons. The van der Waals surface area contributed by atoms with Gasteiger partial charge < -0.3 is 4.74 Å². The molecule has 3 rings (SSSR count). The van der Waals surface area contributed by atoms with Crippen LogP contribution in [0.15, 0.2) is 30.7 Å². The number of hydrogen-bond acceptors (Lipinski definition) is 5. The normalized spacial score (nSPS) is 11.8. The van der Waals surface area contributed by atoms with Gasteiger partial charge in [0.1, 0.15) is 21.1 Å². The van der Waals surface area contributed by atoms with Crippen LogP contribution in [0.5, 0.6) is 5.75 Å². The summed E-state index contributed by atoms with van der Waals surface area (Å²) in [6.07, 6.45) is -0.476. The van der Waals surface area contributed by atoms with Crippen LogP contribution in [0.4, 0.5) is 13.2 Å². The maximum absolute atomic E-state index is 12.7. The number of ether oxygens (including phenoxy) is 1. The molecule has 4 nitrogen and oxygen atoms in total. The van der Waals surface area contributed by atoms with Crippen molar-refractivity contribution in [3.8, 4) is 16.3 Å². The van der Waals surface area contributed by atoms with E-state index in [1.165, 1.54) is 11.3 Å². The molecule has 0 N–H and O–H groups in total. The first-order chi connectivity index (χ1) is 10.5. The number of alkyl halides is 3. The monoisotopic (exact) mass is 325 g/mol. The highest BCUT2D eigenvalue weighted by molar-refractivity contribution is 7.21. The highest BCUT2D eigenvalue weighted by Crippen LogP contribution is 2.36. The van der Waals surface area contributed by atoms with Crippen molar-refractivity contribution in [2.75, 3.05) is 6.61 Å². The van der Waals surface area contributed by atoms with Crippen LogP contribution in [0, 0.1) is 0 Å². The fraction of sp³-hybridized carbons (Fsp3) is 0.214. The molecule has 8 heteroatoms. The lowest BCUT2D eigenvalue weighted by Crippen LogP contribution is -2.04. The number of nitrogens with zero attached hydrogens (tertiary/aromatic N) is 3. The summed E-state index contributed by atoms with van der Waals surface area (Å²) in [6.45, 7) is 2.30. The first kappa shape index (κ1) is 14.7. The maximum atomic E-state index is 12.7. The van der Waals surface area contributed by atoms with Gasteiger partial charge in [-0.05, 0) is 19.1 Å². The van der Waals surface area contributed by atoms with E-state index in [0.29, 0.717) is 27.8 Å². The van der Waals surface area contributed by atoms with Gasteiger partial charge >= 0.3 is 6.18 Å². The van der Waals surface area contributed by atoms with Crippen LogP contribution in [-0.2, 0) is 6.18 Å². The molecule has 0 amide bonds. The molecular weight excluding hydrogens is 315 g/mol. The van der Waals surface area contributed by atoms with Crippen molar-refractivity contribution in [2.45, 2.75) is 13.1 Å². The van der Waals surface area contributed by atoms with Gasteiger partial charge in [0.2, 0.25) is 0 Å². The van der Waals surface area contributed by atoms with E-state index in [9.17, 15) is 13.2 Å². The zero-order valence-electron chi connectivity index (χ0n) is 11.4. The lowest BCUT2D eigenvalue weighted by molar-refractivity contribution is -0.137. The summed E-state index contributed by atoms with van der Waals surface area (Å²) in [7, 11) is 0. The summed E-state index contributed by atoms with van der Waals surface area (Å²) < 4.78 is 43.6. The van der Waals surface area contributed by atoms with E-state index >= 15 is 0 Å². The molecule has 0 saturated heterocycles. The van der Waals surface area contributed by atoms with Gasteiger partial charge in [-0.2, -0.15) is 13.2 Å². The molecule has 3 aromatic rings. The Morgan fingerprint density at radius 3 is 2.82 bits per heavy atom. The van der Waals surface area contributed by atoms with Crippen molar-refractivity contribution < 1.29 is 17.9 Å². The molecule has 3 aromatic heterocycles. The molecule has 0 aliphatic carbocycles. The number of hydrogen-bond donors (Lipinski definition) is 0. The Kier molecular flexibility index (Phi) is 3.69. The molecule has 0 saturated carbocycles. The van der Waals surface area contributed by atoms with Crippen LogP contribution in [0.1, 0.15) is 12.5 Å². The van der Waals surface area contributed by atoms with Gasteiger partial charge in [-0.15, -0.1) is 0 Å².